The van der Waals surface area contributed by atoms with Crippen molar-refractivity contribution in [3.63, 3.8) is 0 Å². The minimum Gasteiger partial charge on any atom is -0.305 e. The van der Waals surface area contributed by atoms with Crippen molar-refractivity contribution in [1.82, 2.24) is 10.4 Å². The van der Waals surface area contributed by atoms with Gasteiger partial charge in [-0.05, 0) is 0 Å². The van der Waals surface area contributed by atoms with E-state index >= 15 is 0 Å². The van der Waals surface area contributed by atoms with Crippen LogP contribution in [-0.2, 0) is 6.54 Å². The lowest BCUT2D eigenvalue weighted by Crippen LogP contribution is -2.01. The molecule has 1 heterocycles. The standard InChI is InChI=1S/C5H7N3S/c1-6-8-3-5-2-7-4-9-5/h2,4,8H,1,3H2. The first-order chi connectivity index (χ1) is 4.43. The molecule has 0 radical (unpaired) electrons. The summed E-state index contributed by atoms with van der Waals surface area (Å²) in [6.07, 6.45) is 1.81. The lowest BCUT2D eigenvalue weighted by Gasteiger charge is -1.91. The van der Waals surface area contributed by atoms with Crippen molar-refractivity contribution in [2.24, 2.45) is 5.10 Å². The van der Waals surface area contributed by atoms with Crippen molar-refractivity contribution < 1.29 is 0 Å². The predicted octanol–water partition coefficient (Wildman–Crippen LogP) is 0.848. The quantitative estimate of drug-likeness (QED) is 0.500. The number of hydrazone groups is 1. The Balaban J connectivity index is 2.38. The first-order valence-electron chi connectivity index (χ1n) is 2.49. The van der Waals surface area contributed by atoms with Crippen LogP contribution in [0.2, 0.25) is 0 Å². The highest BCUT2D eigenvalue weighted by molar-refractivity contribution is 7.09. The summed E-state index contributed by atoms with van der Waals surface area (Å²) < 4.78 is 0. The molecule has 1 rings (SSSR count). The molecule has 1 N–H and O–H groups in total. The highest BCUT2D eigenvalue weighted by Gasteiger charge is 1.88. The second-order valence-electron chi connectivity index (χ2n) is 1.46. The van der Waals surface area contributed by atoms with Gasteiger partial charge in [-0.2, -0.15) is 5.10 Å². The molecule has 0 fully saturated rings. The first-order valence-corrected chi connectivity index (χ1v) is 3.37. The monoisotopic (exact) mass is 141 g/mol. The SMILES string of the molecule is C=NNCc1cncs1. The molecule has 4 heteroatoms. The van der Waals surface area contributed by atoms with E-state index in [0.717, 1.165) is 6.54 Å². The zero-order valence-corrected chi connectivity index (χ0v) is 5.69. The van der Waals surface area contributed by atoms with Crippen LogP contribution >= 0.6 is 11.3 Å². The van der Waals surface area contributed by atoms with Crippen molar-refractivity contribution in [3.05, 3.63) is 16.6 Å². The Kier molecular flexibility index (Phi) is 2.21. The van der Waals surface area contributed by atoms with E-state index < -0.39 is 0 Å². The van der Waals surface area contributed by atoms with E-state index in [2.05, 4.69) is 22.2 Å². The highest BCUT2D eigenvalue weighted by atomic mass is 32.1. The molecule has 3 nitrogen and oxygen atoms in total. The summed E-state index contributed by atoms with van der Waals surface area (Å²) >= 11 is 1.60. The third-order valence-corrected chi connectivity index (χ3v) is 1.63. The van der Waals surface area contributed by atoms with E-state index in [1.54, 1.807) is 16.8 Å². The molecule has 0 aliphatic heterocycles. The van der Waals surface area contributed by atoms with Crippen molar-refractivity contribution in [3.8, 4) is 0 Å². The smallest absolute Gasteiger partial charge is 0.0794 e. The van der Waals surface area contributed by atoms with Gasteiger partial charge in [0.25, 0.3) is 0 Å². The molecule has 1 aromatic rings. The first kappa shape index (κ1) is 6.22. The third-order valence-electron chi connectivity index (χ3n) is 0.849. The zero-order chi connectivity index (χ0) is 6.53. The van der Waals surface area contributed by atoms with Crippen molar-refractivity contribution >= 4 is 18.1 Å². The fourth-order valence-corrected chi connectivity index (χ4v) is 0.990. The number of nitrogens with zero attached hydrogens (tertiary/aromatic N) is 2. The molecule has 0 saturated heterocycles. The second kappa shape index (κ2) is 3.19. The summed E-state index contributed by atoms with van der Waals surface area (Å²) in [6.45, 7) is 4.01. The third kappa shape index (κ3) is 1.81. The summed E-state index contributed by atoms with van der Waals surface area (Å²) in [5.41, 5.74) is 4.53. The fraction of sp³-hybridized carbons (Fsp3) is 0.200. The largest absolute Gasteiger partial charge is 0.305 e. The maximum atomic E-state index is 3.89. The molecule has 0 unspecified atom stereocenters. The molecule has 0 aliphatic rings. The van der Waals surface area contributed by atoms with Crippen LogP contribution in [-0.4, -0.2) is 11.7 Å². The fourth-order valence-electron chi connectivity index (χ4n) is 0.463. The average molecular weight is 141 g/mol. The molecule has 0 aliphatic carbocycles. The van der Waals surface area contributed by atoms with E-state index in [1.807, 2.05) is 6.20 Å². The van der Waals surface area contributed by atoms with Gasteiger partial charge in [-0.25, -0.2) is 0 Å². The van der Waals surface area contributed by atoms with E-state index in [9.17, 15) is 0 Å². The maximum Gasteiger partial charge on any atom is 0.0794 e. The number of rotatable bonds is 3. The van der Waals surface area contributed by atoms with Crippen LogP contribution in [0, 0.1) is 0 Å². The van der Waals surface area contributed by atoms with Gasteiger partial charge >= 0.3 is 0 Å². The molecule has 0 amide bonds. The Hall–Kier alpha value is -0.900. The van der Waals surface area contributed by atoms with Crippen LogP contribution in [0.5, 0.6) is 0 Å². The molecule has 0 aromatic carbocycles. The van der Waals surface area contributed by atoms with Gasteiger partial charge in [-0.3, -0.25) is 4.98 Å². The number of nitrogens with one attached hydrogen (secondary N) is 1. The van der Waals surface area contributed by atoms with E-state index in [1.165, 1.54) is 4.88 Å². The number of thiazole rings is 1. The van der Waals surface area contributed by atoms with Gasteiger partial charge in [-0.1, -0.05) is 0 Å². The molecule has 0 saturated carbocycles. The van der Waals surface area contributed by atoms with Gasteiger partial charge in [0.2, 0.25) is 0 Å². The number of aromatic nitrogens is 1. The summed E-state index contributed by atoms with van der Waals surface area (Å²) in [5, 5.41) is 3.49. The summed E-state index contributed by atoms with van der Waals surface area (Å²) in [6, 6.07) is 0. The maximum absolute atomic E-state index is 3.89. The van der Waals surface area contributed by atoms with Gasteiger partial charge in [0.15, 0.2) is 0 Å². The van der Waals surface area contributed by atoms with E-state index in [-0.39, 0.29) is 0 Å². The molecule has 0 atom stereocenters. The Morgan fingerprint density at radius 1 is 1.89 bits per heavy atom. The van der Waals surface area contributed by atoms with Crippen LogP contribution in [0.1, 0.15) is 4.88 Å². The lowest BCUT2D eigenvalue weighted by atomic mass is 10.6. The molecular formula is C5H7N3S. The topological polar surface area (TPSA) is 37.3 Å². The second-order valence-corrected chi connectivity index (χ2v) is 2.43. The average Bonchev–Trinajstić information content (AvgIpc) is 2.34. The molecule has 48 valence electrons. The Morgan fingerprint density at radius 3 is 3.33 bits per heavy atom. The van der Waals surface area contributed by atoms with Crippen LogP contribution in [0.25, 0.3) is 0 Å². The van der Waals surface area contributed by atoms with Gasteiger partial charge in [0.05, 0.1) is 12.1 Å². The van der Waals surface area contributed by atoms with Crippen LogP contribution < -0.4 is 5.43 Å². The summed E-state index contributed by atoms with van der Waals surface area (Å²) in [4.78, 5) is 5.06. The van der Waals surface area contributed by atoms with Crippen molar-refractivity contribution in [2.75, 3.05) is 0 Å². The summed E-state index contributed by atoms with van der Waals surface area (Å²) in [7, 11) is 0. The molecule has 9 heavy (non-hydrogen) atoms. The number of hydrogen-bond donors (Lipinski definition) is 1. The molecule has 0 spiro atoms. The minimum absolute atomic E-state index is 0.730. The normalized spacial score (nSPS) is 8.89. The Bertz CT molecular complexity index is 170. The molecule has 1 aromatic heterocycles. The van der Waals surface area contributed by atoms with Crippen molar-refractivity contribution in [1.29, 1.82) is 0 Å². The number of hydrogen-bond acceptors (Lipinski definition) is 4. The van der Waals surface area contributed by atoms with Crippen LogP contribution in [0.3, 0.4) is 0 Å². The van der Waals surface area contributed by atoms with Crippen LogP contribution in [0.4, 0.5) is 0 Å². The molecular weight excluding hydrogens is 134 g/mol. The zero-order valence-electron chi connectivity index (χ0n) is 4.87. The van der Waals surface area contributed by atoms with E-state index in [4.69, 9.17) is 0 Å². The van der Waals surface area contributed by atoms with Gasteiger partial charge in [0.1, 0.15) is 0 Å². The lowest BCUT2D eigenvalue weighted by molar-refractivity contribution is 0.759. The molecule has 0 bridgehead atoms. The van der Waals surface area contributed by atoms with Gasteiger partial charge in [-0.15, -0.1) is 11.3 Å². The van der Waals surface area contributed by atoms with Gasteiger partial charge in [0, 0.05) is 17.8 Å². The van der Waals surface area contributed by atoms with Crippen molar-refractivity contribution in [2.45, 2.75) is 6.54 Å². The summed E-state index contributed by atoms with van der Waals surface area (Å²) in [5.74, 6) is 0. The Labute approximate surface area is 57.4 Å². The van der Waals surface area contributed by atoms with E-state index in [0.29, 0.717) is 0 Å². The highest BCUT2D eigenvalue weighted by Crippen LogP contribution is 2.03. The Morgan fingerprint density at radius 2 is 2.78 bits per heavy atom. The minimum atomic E-state index is 0.730. The van der Waals surface area contributed by atoms with Gasteiger partial charge < -0.3 is 5.43 Å². The van der Waals surface area contributed by atoms with Crippen LogP contribution in [0.15, 0.2) is 16.8 Å². The predicted molar refractivity (Wildman–Crippen MR) is 38.5 cm³/mol.